The second-order valence-corrected chi connectivity index (χ2v) is 6.00. The van der Waals surface area contributed by atoms with Crippen LogP contribution in [0.5, 0.6) is 5.75 Å². The van der Waals surface area contributed by atoms with Gasteiger partial charge in [-0.05, 0) is 46.7 Å². The summed E-state index contributed by atoms with van der Waals surface area (Å²) in [6, 6.07) is 21.8. The molecule has 25 heavy (non-hydrogen) atoms. The summed E-state index contributed by atoms with van der Waals surface area (Å²) in [5, 5.41) is 6.24. The van der Waals surface area contributed by atoms with Crippen LogP contribution >= 0.6 is 0 Å². The molecule has 4 aromatic rings. The minimum Gasteiger partial charge on any atom is -0.497 e. The lowest BCUT2D eigenvalue weighted by Gasteiger charge is -2.07. The van der Waals surface area contributed by atoms with Gasteiger partial charge in [0.2, 0.25) is 0 Å². The van der Waals surface area contributed by atoms with Crippen molar-refractivity contribution in [2.24, 2.45) is 0 Å². The first-order chi connectivity index (χ1) is 12.2. The van der Waals surface area contributed by atoms with E-state index in [2.05, 4.69) is 16.4 Å². The maximum Gasteiger partial charge on any atom is 0.267 e. The highest BCUT2D eigenvalue weighted by molar-refractivity contribution is 5.98. The number of carbonyl (C=O) groups is 1. The maximum absolute atomic E-state index is 12.4. The molecule has 3 aromatic carbocycles. The summed E-state index contributed by atoms with van der Waals surface area (Å²) in [6.07, 6.45) is 0. The van der Waals surface area contributed by atoms with Crippen LogP contribution in [0.15, 0.2) is 66.7 Å². The molecule has 1 amide bonds. The van der Waals surface area contributed by atoms with Gasteiger partial charge in [-0.25, -0.2) is 0 Å². The van der Waals surface area contributed by atoms with Crippen molar-refractivity contribution < 1.29 is 9.53 Å². The molecular formula is C21H18N2O2. The minimum atomic E-state index is -0.106. The molecule has 4 heteroatoms. The van der Waals surface area contributed by atoms with E-state index in [-0.39, 0.29) is 5.91 Å². The normalized spacial score (nSPS) is 10.9. The van der Waals surface area contributed by atoms with Crippen LogP contribution in [0.1, 0.15) is 16.1 Å². The monoisotopic (exact) mass is 330 g/mol. The third kappa shape index (κ3) is 3.06. The first-order valence-corrected chi connectivity index (χ1v) is 8.15. The van der Waals surface area contributed by atoms with E-state index in [1.54, 1.807) is 7.11 Å². The summed E-state index contributed by atoms with van der Waals surface area (Å²) >= 11 is 0. The number of ether oxygens (including phenoxy) is 1. The smallest absolute Gasteiger partial charge is 0.267 e. The van der Waals surface area contributed by atoms with Crippen molar-refractivity contribution in [1.82, 2.24) is 10.3 Å². The van der Waals surface area contributed by atoms with Crippen LogP contribution in [-0.2, 0) is 6.54 Å². The van der Waals surface area contributed by atoms with E-state index in [9.17, 15) is 4.79 Å². The molecule has 0 fully saturated rings. The zero-order valence-corrected chi connectivity index (χ0v) is 13.9. The molecule has 0 saturated heterocycles. The Balaban J connectivity index is 1.50. The van der Waals surface area contributed by atoms with Crippen LogP contribution in [0.3, 0.4) is 0 Å². The van der Waals surface area contributed by atoms with Crippen molar-refractivity contribution in [3.63, 3.8) is 0 Å². The Morgan fingerprint density at radius 1 is 0.960 bits per heavy atom. The van der Waals surface area contributed by atoms with Gasteiger partial charge in [0, 0.05) is 17.4 Å². The van der Waals surface area contributed by atoms with Crippen LogP contribution in [0.2, 0.25) is 0 Å². The number of hydrogen-bond donors (Lipinski definition) is 2. The van der Waals surface area contributed by atoms with Crippen LogP contribution in [0.4, 0.5) is 0 Å². The molecule has 124 valence electrons. The highest BCUT2D eigenvalue weighted by Crippen LogP contribution is 2.22. The Labute approximate surface area is 145 Å². The van der Waals surface area contributed by atoms with Crippen molar-refractivity contribution in [1.29, 1.82) is 0 Å². The van der Waals surface area contributed by atoms with Gasteiger partial charge in [0.25, 0.3) is 5.91 Å². The average Bonchev–Trinajstić information content (AvgIpc) is 3.10. The number of nitrogens with one attached hydrogen (secondary N) is 2. The van der Waals surface area contributed by atoms with E-state index in [4.69, 9.17) is 4.74 Å². The van der Waals surface area contributed by atoms with Crippen molar-refractivity contribution >= 4 is 27.6 Å². The second kappa shape index (κ2) is 6.32. The fourth-order valence-electron chi connectivity index (χ4n) is 2.98. The number of para-hydroxylation sites is 1. The molecular weight excluding hydrogens is 312 g/mol. The van der Waals surface area contributed by atoms with E-state index in [1.807, 2.05) is 60.7 Å². The summed E-state index contributed by atoms with van der Waals surface area (Å²) in [5.41, 5.74) is 2.60. The van der Waals surface area contributed by atoms with Crippen molar-refractivity contribution in [3.05, 3.63) is 78.0 Å². The first kappa shape index (κ1) is 15.3. The van der Waals surface area contributed by atoms with Crippen LogP contribution in [0, 0.1) is 0 Å². The van der Waals surface area contributed by atoms with Gasteiger partial charge in [-0.15, -0.1) is 0 Å². The van der Waals surface area contributed by atoms with Gasteiger partial charge in [0.15, 0.2) is 0 Å². The summed E-state index contributed by atoms with van der Waals surface area (Å²) in [5.74, 6) is 0.735. The lowest BCUT2D eigenvalue weighted by Crippen LogP contribution is -2.23. The molecule has 0 spiro atoms. The fourth-order valence-corrected chi connectivity index (χ4v) is 2.98. The van der Waals surface area contributed by atoms with Gasteiger partial charge in [0.1, 0.15) is 11.4 Å². The lowest BCUT2D eigenvalue weighted by molar-refractivity contribution is 0.0947. The molecule has 2 N–H and O–H groups in total. The van der Waals surface area contributed by atoms with Crippen LogP contribution in [-0.4, -0.2) is 18.0 Å². The Hall–Kier alpha value is -3.27. The molecule has 4 rings (SSSR count). The molecule has 0 radical (unpaired) electrons. The Kier molecular flexibility index (Phi) is 3.86. The zero-order chi connectivity index (χ0) is 17.2. The van der Waals surface area contributed by atoms with Crippen molar-refractivity contribution in [2.45, 2.75) is 6.54 Å². The number of benzene rings is 3. The van der Waals surface area contributed by atoms with Gasteiger partial charge in [-0.2, -0.15) is 0 Å². The largest absolute Gasteiger partial charge is 0.497 e. The predicted molar refractivity (Wildman–Crippen MR) is 100.0 cm³/mol. The Morgan fingerprint density at radius 3 is 2.60 bits per heavy atom. The second-order valence-electron chi connectivity index (χ2n) is 6.00. The Bertz CT molecular complexity index is 1030. The maximum atomic E-state index is 12.4. The van der Waals surface area contributed by atoms with Gasteiger partial charge in [0.05, 0.1) is 7.11 Å². The number of aromatic nitrogens is 1. The number of fused-ring (bicyclic) bond motifs is 2. The van der Waals surface area contributed by atoms with E-state index < -0.39 is 0 Å². The third-order valence-electron chi connectivity index (χ3n) is 4.34. The van der Waals surface area contributed by atoms with Gasteiger partial charge in [-0.3, -0.25) is 4.79 Å². The standard InChI is InChI=1S/C21H18N2O2/c1-25-18-9-8-15-10-14(6-7-16(15)11-18)13-22-21(24)20-12-17-4-2-3-5-19(17)23-20/h2-12,23H,13H2,1H3,(H,22,24). The Morgan fingerprint density at radius 2 is 1.76 bits per heavy atom. The lowest BCUT2D eigenvalue weighted by atomic mass is 10.1. The molecule has 0 saturated carbocycles. The molecule has 1 aromatic heterocycles. The molecule has 0 bridgehead atoms. The first-order valence-electron chi connectivity index (χ1n) is 8.15. The number of H-pyrrole nitrogens is 1. The highest BCUT2D eigenvalue weighted by Gasteiger charge is 2.09. The molecule has 0 aliphatic rings. The fraction of sp³-hybridized carbons (Fsp3) is 0.0952. The molecule has 0 atom stereocenters. The topological polar surface area (TPSA) is 54.1 Å². The summed E-state index contributed by atoms with van der Waals surface area (Å²) in [6.45, 7) is 0.482. The van der Waals surface area contributed by atoms with Crippen molar-refractivity contribution in [3.8, 4) is 5.75 Å². The number of carbonyl (C=O) groups excluding carboxylic acids is 1. The zero-order valence-electron chi connectivity index (χ0n) is 13.9. The molecule has 1 heterocycles. The molecule has 0 unspecified atom stereocenters. The minimum absolute atomic E-state index is 0.106. The molecule has 0 aliphatic heterocycles. The van der Waals surface area contributed by atoms with Gasteiger partial charge >= 0.3 is 0 Å². The van der Waals surface area contributed by atoms with E-state index in [1.165, 1.54) is 0 Å². The number of methoxy groups -OCH3 is 1. The SMILES string of the molecule is COc1ccc2cc(CNC(=O)c3cc4ccccc4[nH]3)ccc2c1. The highest BCUT2D eigenvalue weighted by atomic mass is 16.5. The number of amides is 1. The van der Waals surface area contributed by atoms with Gasteiger partial charge in [-0.1, -0.05) is 36.4 Å². The summed E-state index contributed by atoms with van der Waals surface area (Å²) in [4.78, 5) is 15.5. The molecule has 0 aliphatic carbocycles. The van der Waals surface area contributed by atoms with E-state index in [0.29, 0.717) is 12.2 Å². The van der Waals surface area contributed by atoms with E-state index in [0.717, 1.165) is 33.0 Å². The van der Waals surface area contributed by atoms with Gasteiger partial charge < -0.3 is 15.0 Å². The van der Waals surface area contributed by atoms with Crippen LogP contribution in [0.25, 0.3) is 21.7 Å². The number of rotatable bonds is 4. The summed E-state index contributed by atoms with van der Waals surface area (Å²) in [7, 11) is 1.66. The van der Waals surface area contributed by atoms with E-state index >= 15 is 0 Å². The quantitative estimate of drug-likeness (QED) is 0.587. The van der Waals surface area contributed by atoms with Crippen molar-refractivity contribution in [2.75, 3.05) is 7.11 Å². The number of hydrogen-bond acceptors (Lipinski definition) is 2. The third-order valence-corrected chi connectivity index (χ3v) is 4.34. The summed E-state index contributed by atoms with van der Waals surface area (Å²) < 4.78 is 5.24. The van der Waals surface area contributed by atoms with Crippen LogP contribution < -0.4 is 10.1 Å². The number of aromatic amines is 1. The average molecular weight is 330 g/mol. The molecule has 4 nitrogen and oxygen atoms in total. The predicted octanol–water partition coefficient (Wildman–Crippen LogP) is 4.26.